The Bertz CT molecular complexity index is 636. The largest absolute Gasteiger partial charge is 0.381 e. The minimum atomic E-state index is -0.492. The van der Waals surface area contributed by atoms with Crippen LogP contribution in [0.2, 0.25) is 0 Å². The van der Waals surface area contributed by atoms with E-state index in [1.165, 1.54) is 0 Å². The normalized spacial score (nSPS) is 26.1. The lowest BCUT2D eigenvalue weighted by Gasteiger charge is -2.36. The Hall–Kier alpha value is -2.02. The Morgan fingerprint density at radius 3 is 3.08 bits per heavy atom. The molecule has 0 bridgehead atoms. The van der Waals surface area contributed by atoms with Gasteiger partial charge in [0.2, 0.25) is 11.8 Å². The summed E-state index contributed by atoms with van der Waals surface area (Å²) in [5, 5.41) is 2.77. The standard InChI is InChI=1S/C17H24N4O3/c1-12-19-7-5-14(20-12)3-4-15(22)21-9-13-10-24-8-6-17(13,11-21)16(23)18-2/h5,7,13H,3-4,6,8-11H2,1-2H3,(H,18,23)/t13-,17+/m1/s1. The first-order valence-corrected chi connectivity index (χ1v) is 8.41. The maximum absolute atomic E-state index is 12.6. The summed E-state index contributed by atoms with van der Waals surface area (Å²) in [5.74, 6) is 0.890. The van der Waals surface area contributed by atoms with Crippen LogP contribution in [0.1, 0.15) is 24.4 Å². The van der Waals surface area contributed by atoms with Gasteiger partial charge in [0.15, 0.2) is 0 Å². The Kier molecular flexibility index (Phi) is 4.80. The Morgan fingerprint density at radius 2 is 2.33 bits per heavy atom. The zero-order chi connectivity index (χ0) is 17.2. The number of rotatable bonds is 4. The van der Waals surface area contributed by atoms with Gasteiger partial charge in [0.05, 0.1) is 12.0 Å². The van der Waals surface area contributed by atoms with Crippen LogP contribution in [0.15, 0.2) is 12.3 Å². The van der Waals surface area contributed by atoms with E-state index in [0.29, 0.717) is 51.4 Å². The van der Waals surface area contributed by atoms with Gasteiger partial charge in [-0.05, 0) is 25.8 Å². The van der Waals surface area contributed by atoms with Gasteiger partial charge in [-0.2, -0.15) is 0 Å². The number of hydrogen-bond acceptors (Lipinski definition) is 5. The number of hydrogen-bond donors (Lipinski definition) is 1. The van der Waals surface area contributed by atoms with Gasteiger partial charge in [-0.25, -0.2) is 9.97 Å². The SMILES string of the molecule is CNC(=O)[C@]12CCOC[C@H]1CN(C(=O)CCc1ccnc(C)n1)C2. The summed E-state index contributed by atoms with van der Waals surface area (Å²) in [7, 11) is 1.66. The molecule has 1 aromatic rings. The van der Waals surface area contributed by atoms with Crippen LogP contribution in [0.5, 0.6) is 0 Å². The van der Waals surface area contributed by atoms with Gasteiger partial charge >= 0.3 is 0 Å². The second-order valence-corrected chi connectivity index (χ2v) is 6.63. The lowest BCUT2D eigenvalue weighted by molar-refractivity contribution is -0.139. The van der Waals surface area contributed by atoms with E-state index in [1.54, 1.807) is 13.2 Å². The van der Waals surface area contributed by atoms with E-state index in [0.717, 1.165) is 5.69 Å². The van der Waals surface area contributed by atoms with Crippen molar-refractivity contribution in [2.75, 3.05) is 33.4 Å². The minimum absolute atomic E-state index is 0.0255. The summed E-state index contributed by atoms with van der Waals surface area (Å²) in [4.78, 5) is 35.3. The molecule has 2 fully saturated rings. The summed E-state index contributed by atoms with van der Waals surface area (Å²) in [6.45, 7) is 4.04. The maximum atomic E-state index is 12.6. The van der Waals surface area contributed by atoms with Crippen molar-refractivity contribution in [3.63, 3.8) is 0 Å². The van der Waals surface area contributed by atoms with Gasteiger partial charge in [-0.1, -0.05) is 0 Å². The van der Waals surface area contributed by atoms with Crippen molar-refractivity contribution in [1.29, 1.82) is 0 Å². The van der Waals surface area contributed by atoms with E-state index >= 15 is 0 Å². The van der Waals surface area contributed by atoms with Crippen LogP contribution >= 0.6 is 0 Å². The molecule has 0 radical (unpaired) electrons. The number of fused-ring (bicyclic) bond motifs is 1. The van der Waals surface area contributed by atoms with Crippen LogP contribution in [-0.2, 0) is 20.7 Å². The van der Waals surface area contributed by atoms with Crippen LogP contribution in [-0.4, -0.2) is 60.0 Å². The molecule has 1 aromatic heterocycles. The quantitative estimate of drug-likeness (QED) is 0.859. The van der Waals surface area contributed by atoms with Crippen molar-refractivity contribution in [3.8, 4) is 0 Å². The molecule has 0 saturated carbocycles. The molecule has 130 valence electrons. The molecule has 3 rings (SSSR count). The predicted octanol–water partition coefficient (Wildman–Crippen LogP) is 0.329. The minimum Gasteiger partial charge on any atom is -0.381 e. The van der Waals surface area contributed by atoms with Crippen LogP contribution < -0.4 is 5.32 Å². The highest BCUT2D eigenvalue weighted by Gasteiger charge is 2.54. The fourth-order valence-corrected chi connectivity index (χ4v) is 3.80. The number of amides is 2. The molecule has 2 aliphatic rings. The van der Waals surface area contributed by atoms with Gasteiger partial charge in [0, 0.05) is 51.0 Å². The molecule has 0 aromatic carbocycles. The molecule has 3 heterocycles. The van der Waals surface area contributed by atoms with Crippen molar-refractivity contribution in [2.45, 2.75) is 26.2 Å². The summed E-state index contributed by atoms with van der Waals surface area (Å²) < 4.78 is 5.54. The number of nitrogens with zero attached hydrogens (tertiary/aromatic N) is 3. The summed E-state index contributed by atoms with van der Waals surface area (Å²) in [6, 6.07) is 1.84. The van der Waals surface area contributed by atoms with Crippen LogP contribution in [0.25, 0.3) is 0 Å². The number of aryl methyl sites for hydroxylation is 2. The molecule has 2 saturated heterocycles. The number of carbonyl (C=O) groups is 2. The van der Waals surface area contributed by atoms with Crippen LogP contribution in [0.3, 0.4) is 0 Å². The van der Waals surface area contributed by atoms with E-state index in [-0.39, 0.29) is 17.7 Å². The van der Waals surface area contributed by atoms with Crippen molar-refractivity contribution in [3.05, 3.63) is 23.8 Å². The fourth-order valence-electron chi connectivity index (χ4n) is 3.80. The number of nitrogens with one attached hydrogen (secondary N) is 1. The van der Waals surface area contributed by atoms with Gasteiger partial charge in [-0.15, -0.1) is 0 Å². The van der Waals surface area contributed by atoms with Crippen molar-refractivity contribution in [2.24, 2.45) is 11.3 Å². The predicted molar refractivity (Wildman–Crippen MR) is 87.1 cm³/mol. The Morgan fingerprint density at radius 1 is 1.50 bits per heavy atom. The molecule has 0 spiro atoms. The topological polar surface area (TPSA) is 84.4 Å². The van der Waals surface area contributed by atoms with E-state index in [2.05, 4.69) is 15.3 Å². The molecule has 2 atom stereocenters. The first kappa shape index (κ1) is 16.8. The molecule has 2 aliphatic heterocycles. The first-order chi connectivity index (χ1) is 11.5. The summed E-state index contributed by atoms with van der Waals surface area (Å²) in [5.41, 5.74) is 0.380. The summed E-state index contributed by atoms with van der Waals surface area (Å²) >= 11 is 0. The van der Waals surface area contributed by atoms with Gasteiger partial charge in [-0.3, -0.25) is 9.59 Å². The van der Waals surface area contributed by atoms with Crippen molar-refractivity contribution >= 4 is 11.8 Å². The lowest BCUT2D eigenvalue weighted by Crippen LogP contribution is -2.49. The second-order valence-electron chi connectivity index (χ2n) is 6.63. The third-order valence-corrected chi connectivity index (χ3v) is 5.17. The van der Waals surface area contributed by atoms with E-state index in [9.17, 15) is 9.59 Å². The second kappa shape index (κ2) is 6.84. The van der Waals surface area contributed by atoms with E-state index in [1.807, 2.05) is 17.9 Å². The molecule has 0 aliphatic carbocycles. The van der Waals surface area contributed by atoms with Crippen LogP contribution in [0, 0.1) is 18.3 Å². The number of aromatic nitrogens is 2. The maximum Gasteiger partial charge on any atom is 0.228 e. The van der Waals surface area contributed by atoms with Crippen molar-refractivity contribution < 1.29 is 14.3 Å². The molecule has 1 N–H and O–H groups in total. The molecule has 7 nitrogen and oxygen atoms in total. The Labute approximate surface area is 141 Å². The average molecular weight is 332 g/mol. The third-order valence-electron chi connectivity index (χ3n) is 5.17. The van der Waals surface area contributed by atoms with Gasteiger partial charge in [0.1, 0.15) is 5.82 Å². The average Bonchev–Trinajstić information content (AvgIpc) is 3.00. The molecular formula is C17H24N4O3. The monoisotopic (exact) mass is 332 g/mol. The Balaban J connectivity index is 1.65. The molecular weight excluding hydrogens is 308 g/mol. The number of likely N-dealkylation sites (tertiary alicyclic amines) is 1. The lowest BCUT2D eigenvalue weighted by atomic mass is 9.73. The zero-order valence-corrected chi connectivity index (χ0v) is 14.2. The highest BCUT2D eigenvalue weighted by atomic mass is 16.5. The highest BCUT2D eigenvalue weighted by Crippen LogP contribution is 2.42. The van der Waals surface area contributed by atoms with E-state index < -0.39 is 5.41 Å². The van der Waals surface area contributed by atoms with Gasteiger partial charge in [0.25, 0.3) is 0 Å². The highest BCUT2D eigenvalue weighted by molar-refractivity contribution is 5.85. The molecule has 2 amide bonds. The molecule has 7 heteroatoms. The fraction of sp³-hybridized carbons (Fsp3) is 0.647. The van der Waals surface area contributed by atoms with E-state index in [4.69, 9.17) is 4.74 Å². The molecule has 24 heavy (non-hydrogen) atoms. The first-order valence-electron chi connectivity index (χ1n) is 8.41. The summed E-state index contributed by atoms with van der Waals surface area (Å²) in [6.07, 6.45) is 3.37. The smallest absolute Gasteiger partial charge is 0.228 e. The third kappa shape index (κ3) is 3.13. The van der Waals surface area contributed by atoms with Crippen molar-refractivity contribution in [1.82, 2.24) is 20.2 Å². The van der Waals surface area contributed by atoms with Crippen LogP contribution in [0.4, 0.5) is 0 Å². The molecule has 0 unspecified atom stereocenters. The number of ether oxygens (including phenoxy) is 1. The van der Waals surface area contributed by atoms with Gasteiger partial charge < -0.3 is 15.0 Å². The zero-order valence-electron chi connectivity index (χ0n) is 14.2. The number of carbonyl (C=O) groups excluding carboxylic acids is 2.